The molecule has 2 heterocycles. The average molecular weight is 335 g/mol. The van der Waals surface area contributed by atoms with Gasteiger partial charge in [0.25, 0.3) is 0 Å². The maximum Gasteiger partial charge on any atom is 0.124 e. The molecular formula is C17H20ClFN4. The molecule has 0 radical (unpaired) electrons. The third-order valence-electron chi connectivity index (χ3n) is 4.12. The van der Waals surface area contributed by atoms with E-state index in [4.69, 9.17) is 11.6 Å². The highest BCUT2D eigenvalue weighted by Crippen LogP contribution is 2.21. The van der Waals surface area contributed by atoms with Gasteiger partial charge >= 0.3 is 0 Å². The maximum atomic E-state index is 13.1. The summed E-state index contributed by atoms with van der Waals surface area (Å²) in [7, 11) is 0. The molecule has 0 spiro atoms. The zero-order valence-electron chi connectivity index (χ0n) is 12.9. The Kier molecular flexibility index (Phi) is 5.54. The number of halogens is 2. The highest BCUT2D eigenvalue weighted by atomic mass is 35.5. The molecule has 2 aromatic rings. The molecule has 0 aliphatic carbocycles. The van der Waals surface area contributed by atoms with Gasteiger partial charge in [-0.3, -0.25) is 4.90 Å². The van der Waals surface area contributed by atoms with E-state index in [2.05, 4.69) is 20.2 Å². The smallest absolute Gasteiger partial charge is 0.124 e. The molecular weight excluding hydrogens is 315 g/mol. The van der Waals surface area contributed by atoms with Crippen LogP contribution in [0, 0.1) is 5.82 Å². The van der Waals surface area contributed by atoms with Crippen LogP contribution in [0.1, 0.15) is 24.0 Å². The van der Waals surface area contributed by atoms with Gasteiger partial charge in [0, 0.05) is 48.7 Å². The van der Waals surface area contributed by atoms with Crippen LogP contribution in [0.15, 0.2) is 36.9 Å². The van der Waals surface area contributed by atoms with Crippen LogP contribution in [0.4, 0.5) is 4.39 Å². The van der Waals surface area contributed by atoms with Gasteiger partial charge in [-0.2, -0.15) is 0 Å². The Morgan fingerprint density at radius 1 is 1.30 bits per heavy atom. The van der Waals surface area contributed by atoms with Gasteiger partial charge in [0.15, 0.2) is 0 Å². The molecule has 1 N–H and O–H groups in total. The number of aromatic nitrogens is 2. The Bertz CT molecular complexity index is 638. The molecule has 1 aromatic carbocycles. The van der Waals surface area contributed by atoms with Crippen LogP contribution >= 0.6 is 11.6 Å². The van der Waals surface area contributed by atoms with Crippen molar-refractivity contribution in [2.75, 3.05) is 13.1 Å². The Morgan fingerprint density at radius 2 is 2.13 bits per heavy atom. The largest absolute Gasteiger partial charge is 0.309 e. The first-order valence-electron chi connectivity index (χ1n) is 7.84. The molecule has 1 atom stereocenters. The van der Waals surface area contributed by atoms with Gasteiger partial charge in [-0.05, 0) is 37.1 Å². The Hall–Kier alpha value is -1.56. The van der Waals surface area contributed by atoms with E-state index in [0.29, 0.717) is 11.1 Å². The summed E-state index contributed by atoms with van der Waals surface area (Å²) < 4.78 is 13.1. The van der Waals surface area contributed by atoms with Gasteiger partial charge in [0.05, 0.1) is 0 Å². The number of nitrogens with one attached hydrogen (secondary N) is 1. The van der Waals surface area contributed by atoms with Crippen molar-refractivity contribution < 1.29 is 4.39 Å². The first-order chi connectivity index (χ1) is 11.2. The van der Waals surface area contributed by atoms with Gasteiger partial charge in [0.2, 0.25) is 0 Å². The van der Waals surface area contributed by atoms with Crippen LogP contribution in [0.25, 0.3) is 0 Å². The Labute approximate surface area is 140 Å². The molecule has 0 bridgehead atoms. The lowest BCUT2D eigenvalue weighted by atomic mass is 10.0. The first kappa shape index (κ1) is 16.3. The fourth-order valence-electron chi connectivity index (χ4n) is 2.94. The van der Waals surface area contributed by atoms with Crippen molar-refractivity contribution in [1.82, 2.24) is 20.2 Å². The van der Waals surface area contributed by atoms with E-state index in [1.807, 2.05) is 12.4 Å². The summed E-state index contributed by atoms with van der Waals surface area (Å²) in [5, 5.41) is 4.06. The Morgan fingerprint density at radius 3 is 2.91 bits per heavy atom. The van der Waals surface area contributed by atoms with Crippen molar-refractivity contribution >= 4 is 11.6 Å². The van der Waals surface area contributed by atoms with Crippen molar-refractivity contribution in [3.8, 4) is 0 Å². The highest BCUT2D eigenvalue weighted by Gasteiger charge is 2.20. The number of hydrogen-bond acceptors (Lipinski definition) is 4. The predicted octanol–water partition coefficient (Wildman–Crippen LogP) is 3.02. The quantitative estimate of drug-likeness (QED) is 0.912. The lowest BCUT2D eigenvalue weighted by molar-refractivity contribution is 0.182. The standard InChI is InChI=1S/C17H20ClFN4/c18-17-6-15(19)4-3-14(17)10-23-5-1-2-16(11-23)22-9-13-7-20-12-21-8-13/h3-4,6-8,12,16,22H,1-2,5,9-11H2/t16-/m1/s1. The molecule has 122 valence electrons. The Balaban J connectivity index is 1.53. The van der Waals surface area contributed by atoms with Crippen LogP contribution < -0.4 is 5.32 Å². The summed E-state index contributed by atoms with van der Waals surface area (Å²) >= 11 is 6.13. The van der Waals surface area contributed by atoms with Crippen LogP contribution in [0.2, 0.25) is 5.02 Å². The number of rotatable bonds is 5. The average Bonchev–Trinajstić information content (AvgIpc) is 2.57. The molecule has 1 aromatic heterocycles. The summed E-state index contributed by atoms with van der Waals surface area (Å²) in [5.74, 6) is -0.290. The number of likely N-dealkylation sites (tertiary alicyclic amines) is 1. The van der Waals surface area contributed by atoms with Crippen molar-refractivity contribution in [1.29, 1.82) is 0 Å². The minimum absolute atomic E-state index is 0.290. The summed E-state index contributed by atoms with van der Waals surface area (Å²) in [5.41, 5.74) is 2.07. The van der Waals surface area contributed by atoms with Crippen molar-refractivity contribution in [3.05, 3.63) is 58.9 Å². The van der Waals surface area contributed by atoms with Gasteiger partial charge in [-0.15, -0.1) is 0 Å². The summed E-state index contributed by atoms with van der Waals surface area (Å²) in [6.45, 7) is 3.53. The molecule has 3 rings (SSSR count). The molecule has 6 heteroatoms. The normalized spacial score (nSPS) is 19.0. The predicted molar refractivity (Wildman–Crippen MR) is 88.6 cm³/mol. The second-order valence-electron chi connectivity index (χ2n) is 5.94. The lowest BCUT2D eigenvalue weighted by Gasteiger charge is -2.33. The molecule has 0 saturated carbocycles. The second-order valence-corrected chi connectivity index (χ2v) is 6.34. The second kappa shape index (κ2) is 7.81. The highest BCUT2D eigenvalue weighted by molar-refractivity contribution is 6.31. The molecule has 23 heavy (non-hydrogen) atoms. The summed E-state index contributed by atoms with van der Waals surface area (Å²) in [6.07, 6.45) is 7.50. The monoisotopic (exact) mass is 334 g/mol. The van der Waals surface area contributed by atoms with E-state index in [9.17, 15) is 4.39 Å². The molecule has 1 saturated heterocycles. The number of nitrogens with zero attached hydrogens (tertiary/aromatic N) is 3. The molecule has 0 unspecified atom stereocenters. The lowest BCUT2D eigenvalue weighted by Crippen LogP contribution is -2.45. The fraction of sp³-hybridized carbons (Fsp3) is 0.412. The van der Waals surface area contributed by atoms with E-state index in [1.165, 1.54) is 18.5 Å². The number of hydrogen-bond donors (Lipinski definition) is 1. The summed E-state index contributed by atoms with van der Waals surface area (Å²) in [4.78, 5) is 10.4. The minimum atomic E-state index is -0.290. The van der Waals surface area contributed by atoms with Gasteiger partial charge in [-0.1, -0.05) is 17.7 Å². The van der Waals surface area contributed by atoms with Crippen molar-refractivity contribution in [3.63, 3.8) is 0 Å². The third-order valence-corrected chi connectivity index (χ3v) is 4.48. The first-order valence-corrected chi connectivity index (χ1v) is 8.22. The molecule has 4 nitrogen and oxygen atoms in total. The summed E-state index contributed by atoms with van der Waals surface area (Å²) in [6, 6.07) is 5.06. The van der Waals surface area contributed by atoms with Gasteiger partial charge in [0.1, 0.15) is 12.1 Å². The topological polar surface area (TPSA) is 41.0 Å². The minimum Gasteiger partial charge on any atom is -0.309 e. The van der Waals surface area contributed by atoms with Crippen molar-refractivity contribution in [2.45, 2.75) is 32.0 Å². The zero-order valence-corrected chi connectivity index (χ0v) is 13.6. The zero-order chi connectivity index (χ0) is 16.1. The van der Waals surface area contributed by atoms with E-state index >= 15 is 0 Å². The van der Waals surface area contributed by atoms with E-state index < -0.39 is 0 Å². The maximum absolute atomic E-state index is 13.1. The molecule has 0 amide bonds. The number of benzene rings is 1. The van der Waals surface area contributed by atoms with Crippen molar-refractivity contribution in [2.24, 2.45) is 0 Å². The van der Waals surface area contributed by atoms with Crippen LogP contribution in [-0.2, 0) is 13.1 Å². The molecule has 1 aliphatic rings. The van der Waals surface area contributed by atoms with Crippen LogP contribution in [-0.4, -0.2) is 34.0 Å². The van der Waals surface area contributed by atoms with E-state index in [0.717, 1.165) is 50.1 Å². The van der Waals surface area contributed by atoms with Crippen LogP contribution in [0.5, 0.6) is 0 Å². The van der Waals surface area contributed by atoms with Gasteiger partial charge in [-0.25, -0.2) is 14.4 Å². The van der Waals surface area contributed by atoms with E-state index in [1.54, 1.807) is 6.07 Å². The number of piperidine rings is 1. The van der Waals surface area contributed by atoms with Crippen LogP contribution in [0.3, 0.4) is 0 Å². The molecule has 1 aliphatic heterocycles. The SMILES string of the molecule is Fc1ccc(CN2CCC[C@@H](NCc3cncnc3)C2)c(Cl)c1. The van der Waals surface area contributed by atoms with E-state index in [-0.39, 0.29) is 5.82 Å². The fourth-order valence-corrected chi connectivity index (χ4v) is 3.17. The van der Waals surface area contributed by atoms with Gasteiger partial charge < -0.3 is 5.32 Å². The third kappa shape index (κ3) is 4.70. The molecule has 1 fully saturated rings.